The number of aromatic amines is 1. The molecule has 1 aliphatic rings. The van der Waals surface area contributed by atoms with Crippen molar-refractivity contribution in [3.8, 4) is 11.4 Å². The van der Waals surface area contributed by atoms with E-state index < -0.39 is 12.0 Å². The lowest BCUT2D eigenvalue weighted by Crippen LogP contribution is -2.36. The van der Waals surface area contributed by atoms with E-state index in [9.17, 15) is 14.7 Å². The number of carboxylic acid groups (broad SMARTS) is 1. The summed E-state index contributed by atoms with van der Waals surface area (Å²) >= 11 is 0. The van der Waals surface area contributed by atoms with Crippen molar-refractivity contribution < 1.29 is 9.90 Å². The Morgan fingerprint density at radius 1 is 1.48 bits per heavy atom. The van der Waals surface area contributed by atoms with Crippen LogP contribution in [-0.4, -0.2) is 38.6 Å². The first kappa shape index (κ1) is 15.2. The van der Waals surface area contributed by atoms with Crippen LogP contribution in [0, 0.1) is 0 Å². The van der Waals surface area contributed by atoms with Gasteiger partial charge < -0.3 is 15.0 Å². The molecule has 2 aromatic rings. The molecular formula is C16H18N4O3. The SMILES string of the molecule is CCc1cc(=O)[nH]c(-c2ccc(N3CCC[C@@H]3C(=O)O)nc2)n1. The molecule has 23 heavy (non-hydrogen) atoms. The van der Waals surface area contributed by atoms with E-state index in [4.69, 9.17) is 0 Å². The van der Waals surface area contributed by atoms with Crippen molar-refractivity contribution in [3.05, 3.63) is 40.4 Å². The lowest BCUT2D eigenvalue weighted by molar-refractivity contribution is -0.138. The molecule has 0 spiro atoms. The van der Waals surface area contributed by atoms with E-state index in [1.807, 2.05) is 6.92 Å². The number of H-pyrrole nitrogens is 1. The summed E-state index contributed by atoms with van der Waals surface area (Å²) in [6.45, 7) is 2.62. The third kappa shape index (κ3) is 3.08. The van der Waals surface area contributed by atoms with Crippen LogP contribution in [0.5, 0.6) is 0 Å². The molecule has 0 aliphatic carbocycles. The monoisotopic (exact) mass is 314 g/mol. The van der Waals surface area contributed by atoms with Gasteiger partial charge in [-0.1, -0.05) is 6.92 Å². The Labute approximate surface area is 133 Å². The van der Waals surface area contributed by atoms with Crippen LogP contribution in [-0.2, 0) is 11.2 Å². The van der Waals surface area contributed by atoms with Crippen LogP contribution >= 0.6 is 0 Å². The fourth-order valence-electron chi connectivity index (χ4n) is 2.82. The molecule has 7 heteroatoms. The summed E-state index contributed by atoms with van der Waals surface area (Å²) in [5, 5.41) is 9.25. The number of carboxylic acids is 1. The second-order valence-corrected chi connectivity index (χ2v) is 5.53. The summed E-state index contributed by atoms with van der Waals surface area (Å²) in [6.07, 6.45) is 3.76. The molecule has 3 rings (SSSR count). The summed E-state index contributed by atoms with van der Waals surface area (Å²) in [5.41, 5.74) is 1.23. The maximum absolute atomic E-state index is 11.6. The van der Waals surface area contributed by atoms with Gasteiger partial charge in [0.1, 0.15) is 17.7 Å². The number of nitrogens with one attached hydrogen (secondary N) is 1. The normalized spacial score (nSPS) is 17.4. The first-order valence-corrected chi connectivity index (χ1v) is 7.64. The van der Waals surface area contributed by atoms with Crippen LogP contribution < -0.4 is 10.5 Å². The highest BCUT2D eigenvalue weighted by atomic mass is 16.4. The fourth-order valence-corrected chi connectivity index (χ4v) is 2.82. The zero-order valence-electron chi connectivity index (χ0n) is 12.8. The summed E-state index contributed by atoms with van der Waals surface area (Å²) in [5.74, 6) is 0.285. The van der Waals surface area contributed by atoms with Crippen molar-refractivity contribution in [2.45, 2.75) is 32.2 Å². The van der Waals surface area contributed by atoms with Gasteiger partial charge in [-0.2, -0.15) is 0 Å². The Balaban J connectivity index is 1.89. The van der Waals surface area contributed by atoms with E-state index in [0.29, 0.717) is 36.6 Å². The number of aromatic nitrogens is 3. The van der Waals surface area contributed by atoms with Gasteiger partial charge in [-0.05, 0) is 31.4 Å². The maximum atomic E-state index is 11.6. The van der Waals surface area contributed by atoms with Crippen molar-refractivity contribution in [2.24, 2.45) is 0 Å². The lowest BCUT2D eigenvalue weighted by Gasteiger charge is -2.22. The Kier molecular flexibility index (Phi) is 4.10. The number of pyridine rings is 1. The Bertz CT molecular complexity index is 770. The van der Waals surface area contributed by atoms with E-state index in [1.54, 1.807) is 23.2 Å². The van der Waals surface area contributed by atoms with Crippen LogP contribution in [0.25, 0.3) is 11.4 Å². The molecule has 0 saturated carbocycles. The Hall–Kier alpha value is -2.70. The van der Waals surface area contributed by atoms with E-state index in [2.05, 4.69) is 15.0 Å². The molecule has 7 nitrogen and oxygen atoms in total. The number of nitrogens with zero attached hydrogens (tertiary/aromatic N) is 3. The van der Waals surface area contributed by atoms with E-state index in [1.165, 1.54) is 6.07 Å². The van der Waals surface area contributed by atoms with Gasteiger partial charge >= 0.3 is 5.97 Å². The first-order valence-electron chi connectivity index (χ1n) is 7.64. The van der Waals surface area contributed by atoms with Gasteiger partial charge in [0, 0.05) is 30.1 Å². The van der Waals surface area contributed by atoms with Crippen molar-refractivity contribution in [1.82, 2.24) is 15.0 Å². The van der Waals surface area contributed by atoms with Gasteiger partial charge in [0.15, 0.2) is 0 Å². The highest BCUT2D eigenvalue weighted by Gasteiger charge is 2.31. The Morgan fingerprint density at radius 3 is 2.96 bits per heavy atom. The number of hydrogen-bond acceptors (Lipinski definition) is 5. The number of anilines is 1. The van der Waals surface area contributed by atoms with Gasteiger partial charge in [-0.3, -0.25) is 4.79 Å². The summed E-state index contributed by atoms with van der Waals surface area (Å²) in [6, 6.07) is 4.54. The van der Waals surface area contributed by atoms with Crippen molar-refractivity contribution >= 4 is 11.8 Å². The molecule has 0 aromatic carbocycles. The topological polar surface area (TPSA) is 99.2 Å². The predicted molar refractivity (Wildman–Crippen MR) is 85.5 cm³/mol. The number of hydrogen-bond donors (Lipinski definition) is 2. The van der Waals surface area contributed by atoms with Crippen LogP contribution in [0.1, 0.15) is 25.5 Å². The molecule has 1 atom stereocenters. The van der Waals surface area contributed by atoms with Crippen molar-refractivity contribution in [1.29, 1.82) is 0 Å². The molecule has 2 N–H and O–H groups in total. The third-order valence-electron chi connectivity index (χ3n) is 4.01. The van der Waals surface area contributed by atoms with E-state index in [0.717, 1.165) is 12.1 Å². The van der Waals surface area contributed by atoms with Gasteiger partial charge in [-0.25, -0.2) is 14.8 Å². The van der Waals surface area contributed by atoms with Crippen molar-refractivity contribution in [2.75, 3.05) is 11.4 Å². The molecule has 0 unspecified atom stereocenters. The minimum Gasteiger partial charge on any atom is -0.480 e. The first-order chi connectivity index (χ1) is 11.1. The summed E-state index contributed by atoms with van der Waals surface area (Å²) < 4.78 is 0. The average molecular weight is 314 g/mol. The van der Waals surface area contributed by atoms with E-state index in [-0.39, 0.29) is 5.56 Å². The quantitative estimate of drug-likeness (QED) is 0.886. The van der Waals surface area contributed by atoms with Gasteiger partial charge in [0.05, 0.1) is 0 Å². The lowest BCUT2D eigenvalue weighted by atomic mass is 10.2. The smallest absolute Gasteiger partial charge is 0.326 e. The minimum absolute atomic E-state index is 0.193. The number of rotatable bonds is 4. The molecule has 0 amide bonds. The molecule has 1 aliphatic heterocycles. The van der Waals surface area contributed by atoms with Gasteiger partial charge in [0.25, 0.3) is 5.56 Å². The van der Waals surface area contributed by atoms with Gasteiger partial charge in [0.2, 0.25) is 0 Å². The zero-order valence-corrected chi connectivity index (χ0v) is 12.8. The van der Waals surface area contributed by atoms with Crippen LogP contribution in [0.15, 0.2) is 29.2 Å². The summed E-state index contributed by atoms with van der Waals surface area (Å²) in [7, 11) is 0. The van der Waals surface area contributed by atoms with Crippen LogP contribution in [0.3, 0.4) is 0 Å². The number of aryl methyl sites for hydroxylation is 1. The second kappa shape index (κ2) is 6.20. The highest BCUT2D eigenvalue weighted by molar-refractivity contribution is 5.78. The number of carbonyl (C=O) groups is 1. The third-order valence-corrected chi connectivity index (χ3v) is 4.01. The predicted octanol–water partition coefficient (Wildman–Crippen LogP) is 1.45. The molecule has 3 heterocycles. The number of aliphatic carboxylic acids is 1. The van der Waals surface area contributed by atoms with Crippen LogP contribution in [0.2, 0.25) is 0 Å². The molecule has 120 valence electrons. The Morgan fingerprint density at radius 2 is 2.30 bits per heavy atom. The maximum Gasteiger partial charge on any atom is 0.326 e. The zero-order chi connectivity index (χ0) is 16.4. The molecule has 0 radical (unpaired) electrons. The minimum atomic E-state index is -0.824. The molecule has 1 fully saturated rings. The average Bonchev–Trinajstić information content (AvgIpc) is 3.04. The fraction of sp³-hybridized carbons (Fsp3) is 0.375. The van der Waals surface area contributed by atoms with E-state index >= 15 is 0 Å². The molecular weight excluding hydrogens is 296 g/mol. The molecule has 1 saturated heterocycles. The molecule has 2 aromatic heterocycles. The largest absolute Gasteiger partial charge is 0.480 e. The van der Waals surface area contributed by atoms with Gasteiger partial charge in [-0.15, -0.1) is 0 Å². The highest BCUT2D eigenvalue weighted by Crippen LogP contribution is 2.25. The van der Waals surface area contributed by atoms with Crippen LogP contribution in [0.4, 0.5) is 5.82 Å². The standard InChI is InChI=1S/C16H18N4O3/c1-2-11-8-14(21)19-15(18-11)10-5-6-13(17-9-10)20-7-3-4-12(20)16(22)23/h5-6,8-9,12H,2-4,7H2,1H3,(H,22,23)(H,18,19,21)/t12-/m1/s1. The summed E-state index contributed by atoms with van der Waals surface area (Å²) in [4.78, 5) is 36.2. The van der Waals surface area contributed by atoms with Crippen molar-refractivity contribution in [3.63, 3.8) is 0 Å². The second-order valence-electron chi connectivity index (χ2n) is 5.53. The molecule has 0 bridgehead atoms.